The Morgan fingerprint density at radius 2 is 1.97 bits per heavy atom. The van der Waals surface area contributed by atoms with E-state index in [0.717, 1.165) is 32.1 Å². The summed E-state index contributed by atoms with van der Waals surface area (Å²) >= 11 is 4.86. The molecule has 0 unspecified atom stereocenters. The summed E-state index contributed by atoms with van der Waals surface area (Å²) in [5, 5.41) is 13.0. The fourth-order valence-corrected chi connectivity index (χ4v) is 4.63. The van der Waals surface area contributed by atoms with Gasteiger partial charge in [0.25, 0.3) is 0 Å². The van der Waals surface area contributed by atoms with Crippen LogP contribution in [-0.2, 0) is 11.8 Å². The summed E-state index contributed by atoms with van der Waals surface area (Å²) in [6.45, 7) is 3.98. The molecule has 30 heavy (non-hydrogen) atoms. The van der Waals surface area contributed by atoms with Crippen LogP contribution in [0.1, 0.15) is 31.9 Å². The van der Waals surface area contributed by atoms with Gasteiger partial charge in [-0.25, -0.2) is 4.98 Å². The molecule has 2 atom stereocenters. The normalized spacial score (nSPS) is 13.5. The van der Waals surface area contributed by atoms with Crippen molar-refractivity contribution in [3.8, 4) is 0 Å². The molecule has 4 rings (SSSR count). The Kier molecular flexibility index (Phi) is 6.06. The number of nitrogens with zero attached hydrogens (tertiary/aromatic N) is 4. The van der Waals surface area contributed by atoms with Crippen LogP contribution < -0.4 is 5.32 Å². The van der Waals surface area contributed by atoms with Crippen LogP contribution in [0, 0.1) is 0 Å². The Labute approximate surface area is 187 Å². The van der Waals surface area contributed by atoms with Gasteiger partial charge in [-0.3, -0.25) is 4.79 Å². The SMILES string of the molecule is CC[C@H](Sc1nnc2c3cc(Br)ccc3n(C)c2n1)C(=O)N[C@H](C)c1ccccc1. The Morgan fingerprint density at radius 3 is 2.70 bits per heavy atom. The van der Waals surface area contributed by atoms with E-state index in [1.54, 1.807) is 0 Å². The summed E-state index contributed by atoms with van der Waals surface area (Å²) in [6.07, 6.45) is 0.668. The molecule has 8 heteroatoms. The third-order valence-electron chi connectivity index (χ3n) is 5.11. The number of rotatable bonds is 6. The Balaban J connectivity index is 1.56. The predicted molar refractivity (Wildman–Crippen MR) is 124 cm³/mol. The van der Waals surface area contributed by atoms with Crippen molar-refractivity contribution in [2.45, 2.75) is 36.7 Å². The first-order valence-electron chi connectivity index (χ1n) is 9.78. The second kappa shape index (κ2) is 8.73. The van der Waals surface area contributed by atoms with Crippen molar-refractivity contribution in [2.24, 2.45) is 7.05 Å². The van der Waals surface area contributed by atoms with E-state index in [2.05, 4.69) is 31.4 Å². The lowest BCUT2D eigenvalue weighted by molar-refractivity contribution is -0.121. The van der Waals surface area contributed by atoms with Crippen molar-refractivity contribution >= 4 is 55.7 Å². The molecular weight excluding hydrogens is 462 g/mol. The molecule has 2 aromatic heterocycles. The molecule has 0 radical (unpaired) electrons. The molecule has 1 amide bonds. The molecule has 0 aliphatic rings. The van der Waals surface area contributed by atoms with Gasteiger partial charge >= 0.3 is 0 Å². The summed E-state index contributed by atoms with van der Waals surface area (Å²) in [7, 11) is 1.97. The van der Waals surface area contributed by atoms with Crippen LogP contribution in [0.15, 0.2) is 58.2 Å². The number of fused-ring (bicyclic) bond motifs is 3. The maximum atomic E-state index is 12.9. The van der Waals surface area contributed by atoms with Gasteiger partial charge in [-0.2, -0.15) is 0 Å². The van der Waals surface area contributed by atoms with E-state index in [1.807, 2.05) is 74.0 Å². The maximum Gasteiger partial charge on any atom is 0.234 e. The van der Waals surface area contributed by atoms with Crippen molar-refractivity contribution in [1.29, 1.82) is 0 Å². The van der Waals surface area contributed by atoms with Gasteiger partial charge in [0, 0.05) is 16.9 Å². The number of carbonyl (C=O) groups is 1. The van der Waals surface area contributed by atoms with E-state index in [1.165, 1.54) is 11.8 Å². The highest BCUT2D eigenvalue weighted by molar-refractivity contribution is 9.10. The highest BCUT2D eigenvalue weighted by Gasteiger charge is 2.22. The number of hydrogen-bond donors (Lipinski definition) is 1. The molecule has 154 valence electrons. The van der Waals surface area contributed by atoms with Gasteiger partial charge in [0.2, 0.25) is 11.1 Å². The number of hydrogen-bond acceptors (Lipinski definition) is 5. The zero-order valence-corrected chi connectivity index (χ0v) is 19.4. The highest BCUT2D eigenvalue weighted by Crippen LogP contribution is 2.30. The van der Waals surface area contributed by atoms with Crippen molar-refractivity contribution in [2.75, 3.05) is 0 Å². The van der Waals surface area contributed by atoms with Gasteiger partial charge < -0.3 is 9.88 Å². The average molecular weight is 484 g/mol. The molecule has 0 saturated heterocycles. The molecule has 0 bridgehead atoms. The quantitative estimate of drug-likeness (QED) is 0.389. The number of aromatic nitrogens is 4. The summed E-state index contributed by atoms with van der Waals surface area (Å²) in [5.74, 6) is -0.0245. The molecule has 0 spiro atoms. The predicted octanol–water partition coefficient (Wildman–Crippen LogP) is 5.03. The zero-order valence-electron chi connectivity index (χ0n) is 17.0. The zero-order chi connectivity index (χ0) is 21.3. The second-order valence-electron chi connectivity index (χ2n) is 7.14. The number of amides is 1. The second-order valence-corrected chi connectivity index (χ2v) is 9.23. The summed E-state index contributed by atoms with van der Waals surface area (Å²) in [4.78, 5) is 17.6. The van der Waals surface area contributed by atoms with Crippen LogP contribution in [0.4, 0.5) is 0 Å². The van der Waals surface area contributed by atoms with Gasteiger partial charge in [0.05, 0.1) is 16.8 Å². The van der Waals surface area contributed by atoms with Crippen molar-refractivity contribution in [3.05, 3.63) is 58.6 Å². The number of aryl methyl sites for hydroxylation is 1. The van der Waals surface area contributed by atoms with Crippen LogP contribution >= 0.6 is 27.7 Å². The summed E-state index contributed by atoms with van der Waals surface area (Å²) < 4.78 is 2.99. The van der Waals surface area contributed by atoms with E-state index < -0.39 is 0 Å². The number of carbonyl (C=O) groups excluding carboxylic acids is 1. The lowest BCUT2D eigenvalue weighted by Gasteiger charge is -2.18. The number of nitrogens with one attached hydrogen (secondary N) is 1. The lowest BCUT2D eigenvalue weighted by atomic mass is 10.1. The number of halogens is 1. The van der Waals surface area contributed by atoms with Crippen molar-refractivity contribution in [3.63, 3.8) is 0 Å². The van der Waals surface area contributed by atoms with Crippen LogP contribution in [-0.4, -0.2) is 30.9 Å². The fourth-order valence-electron chi connectivity index (χ4n) is 3.45. The van der Waals surface area contributed by atoms with E-state index in [9.17, 15) is 4.79 Å². The van der Waals surface area contributed by atoms with Crippen molar-refractivity contribution < 1.29 is 4.79 Å². The Morgan fingerprint density at radius 1 is 1.20 bits per heavy atom. The van der Waals surface area contributed by atoms with E-state index in [0.29, 0.717) is 11.6 Å². The fraction of sp³-hybridized carbons (Fsp3) is 0.273. The minimum atomic E-state index is -0.292. The minimum Gasteiger partial charge on any atom is -0.349 e. The van der Waals surface area contributed by atoms with Crippen LogP contribution in [0.3, 0.4) is 0 Å². The minimum absolute atomic E-state index is 0.0245. The van der Waals surface area contributed by atoms with Crippen LogP contribution in [0.25, 0.3) is 22.1 Å². The van der Waals surface area contributed by atoms with Gasteiger partial charge in [0.1, 0.15) is 5.52 Å². The van der Waals surface area contributed by atoms with Crippen molar-refractivity contribution in [1.82, 2.24) is 25.1 Å². The standard InChI is InChI=1S/C22H22BrN5OS/c1-4-18(21(29)24-13(2)14-8-6-5-7-9-14)30-22-25-20-19(26-27-22)16-12-15(23)10-11-17(16)28(20)3/h5-13,18H,4H2,1-3H3,(H,24,29)/t13-,18+/m1/s1. The smallest absolute Gasteiger partial charge is 0.234 e. The Hall–Kier alpha value is -2.45. The number of thioether (sulfide) groups is 1. The third-order valence-corrected chi connectivity index (χ3v) is 6.82. The van der Waals surface area contributed by atoms with Gasteiger partial charge in [-0.15, -0.1) is 10.2 Å². The molecule has 6 nitrogen and oxygen atoms in total. The monoisotopic (exact) mass is 483 g/mol. The first-order chi connectivity index (χ1) is 14.5. The van der Waals surface area contributed by atoms with E-state index in [-0.39, 0.29) is 17.2 Å². The first kappa shape index (κ1) is 20.8. The highest BCUT2D eigenvalue weighted by atomic mass is 79.9. The van der Waals surface area contributed by atoms with Gasteiger partial charge in [0.15, 0.2) is 5.65 Å². The first-order valence-corrected chi connectivity index (χ1v) is 11.5. The van der Waals surface area contributed by atoms with Gasteiger partial charge in [-0.1, -0.05) is 64.9 Å². The molecule has 0 fully saturated rings. The van der Waals surface area contributed by atoms with Gasteiger partial charge in [-0.05, 0) is 37.1 Å². The topological polar surface area (TPSA) is 72.7 Å². The third kappa shape index (κ3) is 4.06. The average Bonchev–Trinajstić information content (AvgIpc) is 3.03. The molecule has 0 aliphatic heterocycles. The largest absolute Gasteiger partial charge is 0.349 e. The Bertz CT molecular complexity index is 1210. The molecule has 2 heterocycles. The van der Waals surface area contributed by atoms with E-state index >= 15 is 0 Å². The maximum absolute atomic E-state index is 12.9. The lowest BCUT2D eigenvalue weighted by Crippen LogP contribution is -2.34. The molecule has 2 aromatic carbocycles. The number of benzene rings is 2. The molecule has 4 aromatic rings. The summed E-state index contributed by atoms with van der Waals surface area (Å²) in [5.41, 5.74) is 3.63. The molecule has 0 aliphatic carbocycles. The molecule has 0 saturated carbocycles. The summed E-state index contributed by atoms with van der Waals surface area (Å²) in [6, 6.07) is 15.9. The van der Waals surface area contributed by atoms with Crippen LogP contribution in [0.5, 0.6) is 0 Å². The molecular formula is C22H22BrN5OS. The molecule has 1 N–H and O–H groups in total. The van der Waals surface area contributed by atoms with Crippen LogP contribution in [0.2, 0.25) is 0 Å². The van der Waals surface area contributed by atoms with E-state index in [4.69, 9.17) is 4.98 Å².